The summed E-state index contributed by atoms with van der Waals surface area (Å²) >= 11 is 0. The van der Waals surface area contributed by atoms with Crippen LogP contribution in [0.2, 0.25) is 0 Å². The van der Waals surface area contributed by atoms with Crippen molar-refractivity contribution in [2.75, 3.05) is 37.8 Å². The maximum atomic E-state index is 12.5. The zero-order valence-electron chi connectivity index (χ0n) is 27.3. The molecule has 3 aromatic carbocycles. The SMILES string of the molecule is CC1(C)OCc2cc([C@@H]3CN(CCCCCOCCCOCc4cccc(N(C(N)=O)c5cccc([N+](=O)[O-])c5)c4)C(=O)O3)ccc2O1. The predicted octanol–water partition coefficient (Wildman–Crippen LogP) is 6.74. The predicted molar refractivity (Wildman–Crippen MR) is 177 cm³/mol. The summed E-state index contributed by atoms with van der Waals surface area (Å²) in [7, 11) is 0. The third kappa shape index (κ3) is 9.21. The molecule has 13 nitrogen and oxygen atoms in total. The van der Waals surface area contributed by atoms with Gasteiger partial charge in [0.05, 0.1) is 36.1 Å². The summed E-state index contributed by atoms with van der Waals surface area (Å²) in [6.45, 7) is 7.39. The molecular weight excluding hydrogens is 620 g/mol. The van der Waals surface area contributed by atoms with Crippen molar-refractivity contribution in [2.45, 2.75) is 64.6 Å². The summed E-state index contributed by atoms with van der Waals surface area (Å²) in [6.07, 6.45) is 2.81. The Labute approximate surface area is 279 Å². The lowest BCUT2D eigenvalue weighted by Crippen LogP contribution is -2.35. The number of rotatable bonds is 16. The number of primary amides is 1. The summed E-state index contributed by atoms with van der Waals surface area (Å²) in [6, 6.07) is 18.0. The van der Waals surface area contributed by atoms with E-state index in [0.717, 1.165) is 48.1 Å². The van der Waals surface area contributed by atoms with Crippen LogP contribution in [0.5, 0.6) is 5.75 Å². The van der Waals surface area contributed by atoms with E-state index in [1.807, 2.05) is 38.1 Å². The van der Waals surface area contributed by atoms with Gasteiger partial charge in [-0.1, -0.05) is 24.3 Å². The number of ether oxygens (including phenoxy) is 5. The number of hydrogen-bond acceptors (Lipinski definition) is 9. The van der Waals surface area contributed by atoms with E-state index in [9.17, 15) is 19.7 Å². The lowest BCUT2D eigenvalue weighted by atomic mass is 10.0. The van der Waals surface area contributed by atoms with Gasteiger partial charge >= 0.3 is 12.1 Å². The van der Waals surface area contributed by atoms with Gasteiger partial charge in [-0.2, -0.15) is 0 Å². The number of nitro groups is 1. The Kier molecular flexibility index (Phi) is 11.5. The van der Waals surface area contributed by atoms with Crippen molar-refractivity contribution in [2.24, 2.45) is 5.73 Å². The molecule has 1 fully saturated rings. The average molecular weight is 663 g/mol. The third-order valence-corrected chi connectivity index (χ3v) is 8.03. The normalized spacial score (nSPS) is 16.6. The smallest absolute Gasteiger partial charge is 0.410 e. The minimum absolute atomic E-state index is 0.137. The van der Waals surface area contributed by atoms with Crippen LogP contribution >= 0.6 is 0 Å². The van der Waals surface area contributed by atoms with E-state index in [1.165, 1.54) is 23.1 Å². The minimum Gasteiger partial charge on any atom is -0.463 e. The number of nitro benzene ring substituents is 1. The van der Waals surface area contributed by atoms with E-state index in [-0.39, 0.29) is 17.9 Å². The Morgan fingerprint density at radius 1 is 1.00 bits per heavy atom. The van der Waals surface area contributed by atoms with E-state index in [0.29, 0.717) is 57.5 Å². The van der Waals surface area contributed by atoms with Gasteiger partial charge in [-0.3, -0.25) is 15.0 Å². The number of carbonyl (C=O) groups is 2. The Morgan fingerprint density at radius 3 is 2.54 bits per heavy atom. The highest BCUT2D eigenvalue weighted by Crippen LogP contribution is 2.35. The molecule has 0 aliphatic carbocycles. The molecule has 2 heterocycles. The second-order valence-electron chi connectivity index (χ2n) is 12.2. The fraction of sp³-hybridized carbons (Fsp3) is 0.429. The summed E-state index contributed by atoms with van der Waals surface area (Å²) in [5.74, 6) is 0.144. The molecule has 1 saturated heterocycles. The average Bonchev–Trinajstić information content (AvgIpc) is 3.43. The molecule has 256 valence electrons. The first kappa shape index (κ1) is 34.6. The molecule has 3 amide bonds. The summed E-state index contributed by atoms with van der Waals surface area (Å²) < 4.78 is 28.8. The number of nitrogens with two attached hydrogens (primary N) is 1. The molecule has 0 bridgehead atoms. The first-order chi connectivity index (χ1) is 23.1. The van der Waals surface area contributed by atoms with Crippen LogP contribution in [0.1, 0.15) is 62.3 Å². The second-order valence-corrected chi connectivity index (χ2v) is 12.2. The van der Waals surface area contributed by atoms with Gasteiger partial charge in [0.1, 0.15) is 11.9 Å². The fourth-order valence-corrected chi connectivity index (χ4v) is 5.60. The Morgan fingerprint density at radius 2 is 1.75 bits per heavy atom. The molecule has 0 unspecified atom stereocenters. The van der Waals surface area contributed by atoms with Crippen LogP contribution in [0, 0.1) is 10.1 Å². The number of amides is 3. The molecule has 0 spiro atoms. The topological polar surface area (TPSA) is 156 Å². The van der Waals surface area contributed by atoms with Crippen LogP contribution in [0.3, 0.4) is 0 Å². The molecule has 1 atom stereocenters. The molecule has 2 aliphatic rings. The molecule has 2 aliphatic heterocycles. The fourth-order valence-electron chi connectivity index (χ4n) is 5.60. The van der Waals surface area contributed by atoms with Gasteiger partial charge in [0.25, 0.3) is 5.69 Å². The van der Waals surface area contributed by atoms with E-state index < -0.39 is 16.7 Å². The van der Waals surface area contributed by atoms with Crippen molar-refractivity contribution >= 4 is 29.2 Å². The van der Waals surface area contributed by atoms with Crippen molar-refractivity contribution in [3.8, 4) is 5.75 Å². The number of cyclic esters (lactones) is 1. The van der Waals surface area contributed by atoms with E-state index in [2.05, 4.69) is 0 Å². The van der Waals surface area contributed by atoms with Crippen LogP contribution in [0.25, 0.3) is 0 Å². The summed E-state index contributed by atoms with van der Waals surface area (Å²) in [5.41, 5.74) is 8.98. The molecule has 3 aromatic rings. The van der Waals surface area contributed by atoms with Gasteiger partial charge in [-0.15, -0.1) is 0 Å². The van der Waals surface area contributed by atoms with Crippen molar-refractivity contribution in [3.63, 3.8) is 0 Å². The molecule has 48 heavy (non-hydrogen) atoms. The quantitative estimate of drug-likeness (QED) is 0.0996. The molecule has 0 saturated carbocycles. The summed E-state index contributed by atoms with van der Waals surface area (Å²) in [5, 5.41) is 11.2. The van der Waals surface area contributed by atoms with Gasteiger partial charge in [0, 0.05) is 57.9 Å². The van der Waals surface area contributed by atoms with Crippen molar-refractivity contribution < 1.29 is 38.2 Å². The molecule has 13 heteroatoms. The van der Waals surface area contributed by atoms with E-state index >= 15 is 0 Å². The van der Waals surface area contributed by atoms with E-state index in [1.54, 1.807) is 29.2 Å². The van der Waals surface area contributed by atoms with Crippen LogP contribution in [-0.4, -0.2) is 60.6 Å². The largest absolute Gasteiger partial charge is 0.463 e. The number of carbonyl (C=O) groups excluding carboxylic acids is 2. The first-order valence-corrected chi connectivity index (χ1v) is 16.1. The Hall–Kier alpha value is -4.72. The van der Waals surface area contributed by atoms with Crippen LogP contribution in [-0.2, 0) is 32.2 Å². The van der Waals surface area contributed by atoms with Crippen LogP contribution < -0.4 is 15.4 Å². The summed E-state index contributed by atoms with van der Waals surface area (Å²) in [4.78, 5) is 38.3. The zero-order valence-corrected chi connectivity index (χ0v) is 27.3. The third-order valence-electron chi connectivity index (χ3n) is 8.03. The number of nitrogens with zero attached hydrogens (tertiary/aromatic N) is 3. The molecule has 5 rings (SSSR count). The van der Waals surface area contributed by atoms with E-state index in [4.69, 9.17) is 29.4 Å². The van der Waals surface area contributed by atoms with Crippen LogP contribution in [0.4, 0.5) is 26.7 Å². The highest BCUT2D eigenvalue weighted by molar-refractivity contribution is 5.98. The monoisotopic (exact) mass is 662 g/mol. The number of non-ortho nitro benzene ring substituents is 1. The number of unbranched alkanes of at least 4 members (excludes halogenated alkanes) is 2. The molecule has 0 radical (unpaired) electrons. The molecule has 2 N–H and O–H groups in total. The highest BCUT2D eigenvalue weighted by Gasteiger charge is 2.33. The number of hydrogen-bond donors (Lipinski definition) is 1. The first-order valence-electron chi connectivity index (χ1n) is 16.1. The maximum Gasteiger partial charge on any atom is 0.410 e. The standard InChI is InChI=1S/C35H42N4O9/c1-35(2)46-24-27-20-26(13-14-31(27)48-35)32-22-37(34(41)47-32)15-4-3-5-16-44-17-8-18-45-23-25-9-6-10-28(19-25)38(33(36)40)29-11-7-12-30(21-29)39(42)43/h6-7,9-14,19-21,32H,3-5,8,15-18,22-24H2,1-2H3,(H2,36,40)/t32-/m0/s1. The van der Waals surface area contributed by atoms with Crippen molar-refractivity contribution in [3.05, 3.63) is 93.5 Å². The lowest BCUT2D eigenvalue weighted by molar-refractivity contribution is -0.384. The second kappa shape index (κ2) is 15.9. The zero-order chi connectivity index (χ0) is 34.1. The van der Waals surface area contributed by atoms with Gasteiger partial charge in [0.15, 0.2) is 0 Å². The van der Waals surface area contributed by atoms with Gasteiger partial charge in [-0.05, 0) is 67.1 Å². The maximum absolute atomic E-state index is 12.5. The van der Waals surface area contributed by atoms with Gasteiger partial charge < -0.3 is 34.3 Å². The van der Waals surface area contributed by atoms with Crippen molar-refractivity contribution in [1.82, 2.24) is 4.90 Å². The Bertz CT molecular complexity index is 1600. The highest BCUT2D eigenvalue weighted by atomic mass is 16.7. The molecular formula is C35H42N4O9. The number of anilines is 2. The van der Waals surface area contributed by atoms with Gasteiger partial charge in [-0.25, -0.2) is 9.59 Å². The molecule has 0 aromatic heterocycles. The number of fused-ring (bicyclic) bond motifs is 1. The lowest BCUT2D eigenvalue weighted by Gasteiger charge is -2.32. The number of urea groups is 1. The van der Waals surface area contributed by atoms with Crippen molar-refractivity contribution in [1.29, 1.82) is 0 Å². The minimum atomic E-state index is -0.754. The van der Waals surface area contributed by atoms with Gasteiger partial charge in [0.2, 0.25) is 5.79 Å². The number of benzene rings is 3. The van der Waals surface area contributed by atoms with Crippen LogP contribution in [0.15, 0.2) is 66.7 Å². The Balaban J connectivity index is 0.940.